The van der Waals surface area contributed by atoms with Crippen LogP contribution >= 0.6 is 0 Å². The molecule has 1 heterocycles. The molecule has 2 aliphatic rings. The predicted molar refractivity (Wildman–Crippen MR) is 156 cm³/mol. The minimum Gasteiger partial charge on any atom is -0.337 e. The molecule has 6 rings (SSSR count). The summed E-state index contributed by atoms with van der Waals surface area (Å²) in [6.07, 6.45) is 1.70. The summed E-state index contributed by atoms with van der Waals surface area (Å²) in [7, 11) is -2.24. The number of sulfonamides is 1. The van der Waals surface area contributed by atoms with E-state index in [0.717, 1.165) is 60.2 Å². The summed E-state index contributed by atoms with van der Waals surface area (Å²) in [5.41, 5.74) is 2.58. The highest BCUT2D eigenvalue weighted by atomic mass is 32.2. The topological polar surface area (TPSA) is 84.3 Å². The second kappa shape index (κ2) is 11.3. The van der Waals surface area contributed by atoms with Crippen molar-refractivity contribution in [2.24, 2.45) is 13.0 Å². The van der Waals surface area contributed by atoms with E-state index in [0.29, 0.717) is 17.9 Å². The van der Waals surface area contributed by atoms with Gasteiger partial charge in [0.1, 0.15) is 5.82 Å². The number of imidazole rings is 1. The average Bonchev–Trinajstić information content (AvgIpc) is 3.70. The molecular weight excluding hydrogens is 577 g/mol. The van der Waals surface area contributed by atoms with Gasteiger partial charge in [0, 0.05) is 37.1 Å². The molecule has 3 aromatic carbocycles. The van der Waals surface area contributed by atoms with E-state index in [2.05, 4.69) is 9.71 Å². The maximum absolute atomic E-state index is 14.0. The summed E-state index contributed by atoms with van der Waals surface area (Å²) in [6, 6.07) is 18.5. The van der Waals surface area contributed by atoms with Gasteiger partial charge in [-0.2, -0.15) is 13.2 Å². The third kappa shape index (κ3) is 6.09. The number of anilines is 1. The number of aromatic nitrogens is 2. The fraction of sp³-hybridized carbons (Fsp3) is 0.312. The van der Waals surface area contributed by atoms with Crippen molar-refractivity contribution in [1.82, 2.24) is 14.3 Å². The molecule has 43 heavy (non-hydrogen) atoms. The van der Waals surface area contributed by atoms with Crippen LogP contribution in [0.1, 0.15) is 59.3 Å². The quantitative estimate of drug-likeness (QED) is 0.261. The molecule has 0 saturated heterocycles. The number of fused-ring (bicyclic) bond motifs is 1. The van der Waals surface area contributed by atoms with Crippen LogP contribution in [0.15, 0.2) is 90.1 Å². The first kappa shape index (κ1) is 29.1. The minimum absolute atomic E-state index is 0.0190. The Hall–Kier alpha value is -3.96. The largest absolute Gasteiger partial charge is 0.416 e. The van der Waals surface area contributed by atoms with Gasteiger partial charge in [0.2, 0.25) is 15.9 Å². The van der Waals surface area contributed by atoms with Gasteiger partial charge >= 0.3 is 6.18 Å². The van der Waals surface area contributed by atoms with Crippen molar-refractivity contribution < 1.29 is 26.4 Å². The molecule has 11 heteroatoms. The number of amides is 1. The van der Waals surface area contributed by atoms with Crippen LogP contribution in [0, 0.1) is 5.92 Å². The number of halogens is 3. The normalized spacial score (nSPS) is 20.0. The second-order valence-electron chi connectivity index (χ2n) is 11.2. The average molecular weight is 609 g/mol. The molecule has 2 aliphatic carbocycles. The first-order valence-corrected chi connectivity index (χ1v) is 15.6. The smallest absolute Gasteiger partial charge is 0.337 e. The van der Waals surface area contributed by atoms with Crippen LogP contribution in [-0.4, -0.2) is 23.9 Å². The Morgan fingerprint density at radius 3 is 2.49 bits per heavy atom. The van der Waals surface area contributed by atoms with Gasteiger partial charge in [0.05, 0.1) is 17.0 Å². The van der Waals surface area contributed by atoms with Crippen molar-refractivity contribution in [3.63, 3.8) is 0 Å². The fourth-order valence-corrected chi connectivity index (χ4v) is 7.13. The number of alkyl halides is 3. The third-order valence-corrected chi connectivity index (χ3v) is 9.85. The van der Waals surface area contributed by atoms with Gasteiger partial charge < -0.3 is 9.47 Å². The first-order valence-electron chi connectivity index (χ1n) is 14.2. The van der Waals surface area contributed by atoms with E-state index >= 15 is 0 Å². The molecule has 1 saturated carbocycles. The zero-order valence-corrected chi connectivity index (χ0v) is 24.3. The summed E-state index contributed by atoms with van der Waals surface area (Å²) in [6.45, 7) is 0.251. The van der Waals surface area contributed by atoms with Crippen molar-refractivity contribution in [3.05, 3.63) is 113 Å². The SMILES string of the molecule is Cn1ccnc1CN(C(=O)C1CC1c1ccccc1)c1ccc2c(c1)C(NS(=O)(=O)c1ccc(C(F)(F)F)cc1)CCC2. The number of nitrogens with one attached hydrogen (secondary N) is 1. The number of nitrogens with zero attached hydrogens (tertiary/aromatic N) is 3. The van der Waals surface area contributed by atoms with Crippen LogP contribution in [0.2, 0.25) is 0 Å². The molecule has 7 nitrogen and oxygen atoms in total. The van der Waals surface area contributed by atoms with Gasteiger partial charge in [-0.15, -0.1) is 0 Å². The van der Waals surface area contributed by atoms with Gasteiger partial charge in [0.15, 0.2) is 0 Å². The van der Waals surface area contributed by atoms with Gasteiger partial charge in [-0.1, -0.05) is 36.4 Å². The lowest BCUT2D eigenvalue weighted by Gasteiger charge is -2.29. The lowest BCUT2D eigenvalue weighted by molar-refractivity contribution is -0.137. The highest BCUT2D eigenvalue weighted by Crippen LogP contribution is 2.49. The molecule has 1 N–H and O–H groups in total. The molecule has 1 aromatic heterocycles. The number of carbonyl (C=O) groups is 1. The monoisotopic (exact) mass is 608 g/mol. The molecule has 1 amide bonds. The number of rotatable bonds is 8. The first-order chi connectivity index (χ1) is 20.5. The van der Waals surface area contributed by atoms with E-state index in [4.69, 9.17) is 0 Å². The fourth-order valence-electron chi connectivity index (χ4n) is 5.88. The molecule has 1 fully saturated rings. The number of hydrogen-bond acceptors (Lipinski definition) is 4. The standard InChI is InChI=1S/C32H31F3N4O3S/c1-38-17-16-36-30(38)20-39(31(40)28-19-26(28)21-6-3-2-4-7-21)24-13-10-22-8-5-9-29(27(22)18-24)37-43(41,42)25-14-11-23(12-15-25)32(33,34)35/h2-4,6-7,10-18,26,28-29,37H,5,8-9,19-20H2,1H3. The van der Waals surface area contributed by atoms with Crippen LogP contribution in [0.5, 0.6) is 0 Å². The highest BCUT2D eigenvalue weighted by Gasteiger charge is 2.46. The summed E-state index contributed by atoms with van der Waals surface area (Å²) in [5, 5.41) is 0. The Bertz CT molecular complexity index is 1740. The van der Waals surface area contributed by atoms with E-state index in [9.17, 15) is 26.4 Å². The van der Waals surface area contributed by atoms with Crippen molar-refractivity contribution in [1.29, 1.82) is 0 Å². The van der Waals surface area contributed by atoms with Gasteiger partial charge in [-0.05, 0) is 84.7 Å². The number of aryl methyl sites for hydroxylation is 2. The van der Waals surface area contributed by atoms with Gasteiger partial charge in [-0.25, -0.2) is 18.1 Å². The summed E-state index contributed by atoms with van der Waals surface area (Å²) in [4.78, 5) is 19.9. The van der Waals surface area contributed by atoms with Gasteiger partial charge in [-0.3, -0.25) is 4.79 Å². The molecule has 0 spiro atoms. The molecule has 3 unspecified atom stereocenters. The summed E-state index contributed by atoms with van der Waals surface area (Å²) in [5.74, 6) is 0.656. The van der Waals surface area contributed by atoms with E-state index < -0.39 is 27.8 Å². The number of carbonyl (C=O) groups excluding carboxylic acids is 1. The zero-order chi connectivity index (χ0) is 30.4. The van der Waals surface area contributed by atoms with Crippen LogP contribution < -0.4 is 9.62 Å². The van der Waals surface area contributed by atoms with Crippen LogP contribution in [-0.2, 0) is 41.0 Å². The summed E-state index contributed by atoms with van der Waals surface area (Å²) < 4.78 is 70.1. The molecule has 0 aliphatic heterocycles. The van der Waals surface area contributed by atoms with Crippen molar-refractivity contribution in [2.45, 2.75) is 55.3 Å². The maximum Gasteiger partial charge on any atom is 0.416 e. The van der Waals surface area contributed by atoms with Crippen molar-refractivity contribution >= 4 is 21.6 Å². The van der Waals surface area contributed by atoms with Crippen LogP contribution in [0.25, 0.3) is 0 Å². The minimum atomic E-state index is -4.56. The Kier molecular flexibility index (Phi) is 7.64. The third-order valence-electron chi connectivity index (χ3n) is 8.37. The lowest BCUT2D eigenvalue weighted by atomic mass is 9.87. The van der Waals surface area contributed by atoms with Crippen LogP contribution in [0.4, 0.5) is 18.9 Å². The molecule has 0 bridgehead atoms. The Labute approximate surface area is 248 Å². The molecule has 4 aromatic rings. The maximum atomic E-state index is 14.0. The predicted octanol–water partition coefficient (Wildman–Crippen LogP) is 6.13. The number of hydrogen-bond donors (Lipinski definition) is 1. The van der Waals surface area contributed by atoms with Crippen molar-refractivity contribution in [3.8, 4) is 0 Å². The van der Waals surface area contributed by atoms with E-state index in [-0.39, 0.29) is 29.2 Å². The number of benzene rings is 3. The molecular formula is C32H31F3N4O3S. The van der Waals surface area contributed by atoms with E-state index in [1.807, 2.05) is 66.3 Å². The van der Waals surface area contributed by atoms with Crippen LogP contribution in [0.3, 0.4) is 0 Å². The Morgan fingerprint density at radius 1 is 1.07 bits per heavy atom. The highest BCUT2D eigenvalue weighted by molar-refractivity contribution is 7.89. The Balaban J connectivity index is 1.29. The molecule has 224 valence electrons. The summed E-state index contributed by atoms with van der Waals surface area (Å²) >= 11 is 0. The van der Waals surface area contributed by atoms with E-state index in [1.165, 1.54) is 0 Å². The molecule has 3 atom stereocenters. The molecule has 0 radical (unpaired) electrons. The Morgan fingerprint density at radius 2 is 1.81 bits per heavy atom. The second-order valence-corrected chi connectivity index (χ2v) is 12.9. The zero-order valence-electron chi connectivity index (χ0n) is 23.5. The van der Waals surface area contributed by atoms with Gasteiger partial charge in [0.25, 0.3) is 0 Å². The van der Waals surface area contributed by atoms with Crippen molar-refractivity contribution in [2.75, 3.05) is 4.90 Å². The van der Waals surface area contributed by atoms with E-state index in [1.54, 1.807) is 11.1 Å². The lowest BCUT2D eigenvalue weighted by Crippen LogP contribution is -2.34.